The molecule has 1 aromatic carbocycles. The Bertz CT molecular complexity index is 469. The van der Waals surface area contributed by atoms with Crippen molar-refractivity contribution in [1.82, 2.24) is 5.32 Å². The first-order valence-electron chi connectivity index (χ1n) is 6.51. The Morgan fingerprint density at radius 3 is 2.37 bits per heavy atom. The van der Waals surface area contributed by atoms with E-state index < -0.39 is 9.84 Å². The van der Waals surface area contributed by atoms with Crippen molar-refractivity contribution in [3.8, 4) is 0 Å². The highest BCUT2D eigenvalue weighted by Crippen LogP contribution is 2.22. The van der Waals surface area contributed by atoms with Gasteiger partial charge in [-0.25, -0.2) is 8.42 Å². The van der Waals surface area contributed by atoms with E-state index in [1.807, 2.05) is 0 Å². The molecule has 0 saturated carbocycles. The molecule has 108 valence electrons. The van der Waals surface area contributed by atoms with Gasteiger partial charge in [0.2, 0.25) is 0 Å². The number of sulfone groups is 1. The molecule has 0 aliphatic heterocycles. The molecule has 1 N–H and O–H groups in total. The minimum absolute atomic E-state index is 0.239. The largest absolute Gasteiger partial charge is 0.310 e. The van der Waals surface area contributed by atoms with Crippen LogP contribution in [-0.2, 0) is 9.84 Å². The molecule has 1 unspecified atom stereocenters. The smallest absolute Gasteiger partial charge is 0.147 e. The first-order valence-corrected chi connectivity index (χ1v) is 9.80. The van der Waals surface area contributed by atoms with E-state index in [9.17, 15) is 8.42 Å². The molecule has 5 heteroatoms. The normalized spacial score (nSPS) is 13.4. The van der Waals surface area contributed by atoms with E-state index in [1.54, 1.807) is 11.8 Å². The van der Waals surface area contributed by atoms with Crippen LogP contribution in [0.3, 0.4) is 0 Å². The molecule has 0 amide bonds. The van der Waals surface area contributed by atoms with Crippen molar-refractivity contribution in [3.05, 3.63) is 29.8 Å². The zero-order valence-corrected chi connectivity index (χ0v) is 13.5. The number of benzene rings is 1. The fourth-order valence-electron chi connectivity index (χ4n) is 2.02. The lowest BCUT2D eigenvalue weighted by molar-refractivity contribution is 0.507. The maximum absolute atomic E-state index is 11.2. The van der Waals surface area contributed by atoms with Gasteiger partial charge >= 0.3 is 0 Å². The highest BCUT2D eigenvalue weighted by molar-refractivity contribution is 7.98. The van der Waals surface area contributed by atoms with Crippen LogP contribution < -0.4 is 5.32 Å². The number of thioether (sulfide) groups is 1. The molecule has 19 heavy (non-hydrogen) atoms. The minimum atomic E-state index is -2.86. The molecule has 0 bridgehead atoms. The Kier molecular flexibility index (Phi) is 6.89. The highest BCUT2D eigenvalue weighted by atomic mass is 32.2. The number of hydrogen-bond donors (Lipinski definition) is 1. The van der Waals surface area contributed by atoms with E-state index in [0.717, 1.165) is 13.0 Å². The van der Waals surface area contributed by atoms with Crippen LogP contribution in [0.4, 0.5) is 0 Å². The summed E-state index contributed by atoms with van der Waals surface area (Å²) in [6.07, 6.45) is 4.89. The van der Waals surface area contributed by atoms with Gasteiger partial charge in [0.1, 0.15) is 9.84 Å². The van der Waals surface area contributed by atoms with Crippen molar-refractivity contribution in [2.75, 3.05) is 24.8 Å². The summed E-state index contributed by atoms with van der Waals surface area (Å²) in [5.41, 5.74) is 1.23. The van der Waals surface area contributed by atoms with Crippen LogP contribution in [0.25, 0.3) is 0 Å². The summed E-state index contributed by atoms with van der Waals surface area (Å²) in [5, 5.41) is 3.42. The van der Waals surface area contributed by atoms with E-state index in [2.05, 4.69) is 42.8 Å². The van der Waals surface area contributed by atoms with E-state index in [4.69, 9.17) is 0 Å². The highest BCUT2D eigenvalue weighted by Gasteiger charge is 2.11. The molecule has 1 rings (SSSR count). The quantitative estimate of drug-likeness (QED) is 0.750. The van der Waals surface area contributed by atoms with Gasteiger partial charge in [-0.2, -0.15) is 0 Å². The van der Waals surface area contributed by atoms with Crippen LogP contribution in [0.2, 0.25) is 0 Å². The Morgan fingerprint density at radius 2 is 1.89 bits per heavy atom. The number of nitrogens with one attached hydrogen (secondary N) is 1. The summed E-state index contributed by atoms with van der Waals surface area (Å²) in [6, 6.07) is 8.71. The Balaban J connectivity index is 2.65. The second-order valence-corrected chi connectivity index (χ2v) is 7.79. The average Bonchev–Trinajstić information content (AvgIpc) is 2.36. The molecule has 0 heterocycles. The van der Waals surface area contributed by atoms with Crippen molar-refractivity contribution < 1.29 is 8.42 Å². The molecule has 0 aliphatic carbocycles. The molecule has 0 saturated heterocycles. The minimum Gasteiger partial charge on any atom is -0.310 e. The fraction of sp³-hybridized carbons (Fsp3) is 0.571. The first-order chi connectivity index (χ1) is 8.96. The number of rotatable bonds is 8. The van der Waals surface area contributed by atoms with E-state index in [-0.39, 0.29) is 11.8 Å². The molecule has 3 nitrogen and oxygen atoms in total. The standard InChI is InChI=1S/C14H23NO2S2/c1-4-15-14(6-5-11-19(3,16)17)12-7-9-13(18-2)10-8-12/h7-10,14-15H,4-6,11H2,1-3H3. The Morgan fingerprint density at radius 1 is 1.26 bits per heavy atom. The second-order valence-electron chi connectivity index (χ2n) is 4.66. The van der Waals surface area contributed by atoms with Crippen LogP contribution in [0.5, 0.6) is 0 Å². The fourth-order valence-corrected chi connectivity index (χ4v) is 3.12. The maximum Gasteiger partial charge on any atom is 0.147 e. The summed E-state index contributed by atoms with van der Waals surface area (Å²) >= 11 is 1.72. The third-order valence-electron chi connectivity index (χ3n) is 2.98. The third kappa shape index (κ3) is 6.45. The topological polar surface area (TPSA) is 46.2 Å². The van der Waals surface area contributed by atoms with Gasteiger partial charge in [-0.05, 0) is 43.3 Å². The second kappa shape index (κ2) is 7.92. The summed E-state index contributed by atoms with van der Waals surface area (Å²) in [6.45, 7) is 2.95. The third-order valence-corrected chi connectivity index (χ3v) is 4.75. The zero-order chi connectivity index (χ0) is 14.3. The molecule has 0 aromatic heterocycles. The summed E-state index contributed by atoms with van der Waals surface area (Å²) < 4.78 is 22.3. The molecule has 1 atom stereocenters. The molecule has 0 aliphatic rings. The van der Waals surface area contributed by atoms with Crippen LogP contribution in [0.1, 0.15) is 31.4 Å². The van der Waals surface area contributed by atoms with Crippen LogP contribution in [0, 0.1) is 0 Å². The summed E-state index contributed by atoms with van der Waals surface area (Å²) in [4.78, 5) is 1.25. The Hall–Kier alpha value is -0.520. The molecular formula is C14H23NO2S2. The number of hydrogen-bond acceptors (Lipinski definition) is 4. The molecule has 0 fully saturated rings. The predicted octanol–water partition coefficient (Wildman–Crippen LogP) is 2.88. The SMILES string of the molecule is CCNC(CCCS(C)(=O)=O)c1ccc(SC)cc1. The molecule has 1 aromatic rings. The summed E-state index contributed by atoms with van der Waals surface area (Å²) in [7, 11) is -2.86. The van der Waals surface area contributed by atoms with Crippen molar-refractivity contribution in [1.29, 1.82) is 0 Å². The summed E-state index contributed by atoms with van der Waals surface area (Å²) in [5.74, 6) is 0.262. The van der Waals surface area contributed by atoms with Gasteiger partial charge in [0.25, 0.3) is 0 Å². The lowest BCUT2D eigenvalue weighted by atomic mass is 10.0. The maximum atomic E-state index is 11.2. The zero-order valence-electron chi connectivity index (χ0n) is 11.8. The van der Waals surface area contributed by atoms with Gasteiger partial charge in [0, 0.05) is 22.9 Å². The van der Waals surface area contributed by atoms with Gasteiger partial charge in [0.15, 0.2) is 0 Å². The van der Waals surface area contributed by atoms with E-state index in [0.29, 0.717) is 6.42 Å². The van der Waals surface area contributed by atoms with Gasteiger partial charge in [-0.1, -0.05) is 19.1 Å². The van der Waals surface area contributed by atoms with Crippen molar-refractivity contribution in [2.24, 2.45) is 0 Å². The van der Waals surface area contributed by atoms with E-state index in [1.165, 1.54) is 16.7 Å². The van der Waals surface area contributed by atoms with Crippen LogP contribution in [-0.4, -0.2) is 33.2 Å². The van der Waals surface area contributed by atoms with Gasteiger partial charge in [-0.15, -0.1) is 11.8 Å². The van der Waals surface area contributed by atoms with Crippen LogP contribution >= 0.6 is 11.8 Å². The average molecular weight is 301 g/mol. The molecular weight excluding hydrogens is 278 g/mol. The van der Waals surface area contributed by atoms with E-state index >= 15 is 0 Å². The van der Waals surface area contributed by atoms with Crippen molar-refractivity contribution >= 4 is 21.6 Å². The van der Waals surface area contributed by atoms with Gasteiger partial charge in [0.05, 0.1) is 0 Å². The van der Waals surface area contributed by atoms with Crippen molar-refractivity contribution in [3.63, 3.8) is 0 Å². The predicted molar refractivity (Wildman–Crippen MR) is 83.6 cm³/mol. The van der Waals surface area contributed by atoms with Gasteiger partial charge < -0.3 is 5.32 Å². The molecule has 0 radical (unpaired) electrons. The van der Waals surface area contributed by atoms with Crippen LogP contribution in [0.15, 0.2) is 29.2 Å². The molecule has 0 spiro atoms. The Labute approximate surface area is 121 Å². The first kappa shape index (κ1) is 16.5. The lowest BCUT2D eigenvalue weighted by Crippen LogP contribution is -2.21. The lowest BCUT2D eigenvalue weighted by Gasteiger charge is -2.18. The monoisotopic (exact) mass is 301 g/mol. The van der Waals surface area contributed by atoms with Gasteiger partial charge in [-0.3, -0.25) is 0 Å². The van der Waals surface area contributed by atoms with Crippen molar-refractivity contribution in [2.45, 2.75) is 30.7 Å².